The van der Waals surface area contributed by atoms with Crippen molar-refractivity contribution in [2.75, 3.05) is 26.2 Å². The van der Waals surface area contributed by atoms with Gasteiger partial charge in [-0.25, -0.2) is 0 Å². The molecule has 1 unspecified atom stereocenters. The maximum Gasteiger partial charge on any atom is 0.0617 e. The highest BCUT2D eigenvalue weighted by atomic mass is 35.5. The average Bonchev–Trinajstić information content (AvgIpc) is 2.72. The molecule has 0 radical (unpaired) electrons. The van der Waals surface area contributed by atoms with Gasteiger partial charge in [-0.1, -0.05) is 72.3 Å². The minimum atomic E-state index is 0.121. The molecule has 0 bridgehead atoms. The van der Waals surface area contributed by atoms with E-state index in [0.717, 1.165) is 47.8 Å². The fourth-order valence-electron chi connectivity index (χ4n) is 4.76. The van der Waals surface area contributed by atoms with E-state index in [1.54, 1.807) is 0 Å². The SMILES string of the molecule is Clc1ccc(C(c2ccc(Cl)cc2Cl)N2CCN(C3CCCCC3)CC2)cc1. The first-order valence-corrected chi connectivity index (χ1v) is 11.4. The molecule has 28 heavy (non-hydrogen) atoms. The monoisotopic (exact) mass is 436 g/mol. The fourth-order valence-corrected chi connectivity index (χ4v) is 5.40. The van der Waals surface area contributed by atoms with Crippen molar-refractivity contribution >= 4 is 34.8 Å². The molecule has 1 aliphatic heterocycles. The number of rotatable bonds is 4. The maximum absolute atomic E-state index is 6.63. The van der Waals surface area contributed by atoms with Crippen molar-refractivity contribution < 1.29 is 0 Å². The lowest BCUT2D eigenvalue weighted by molar-refractivity contribution is 0.0647. The van der Waals surface area contributed by atoms with Gasteiger partial charge in [-0.15, -0.1) is 0 Å². The van der Waals surface area contributed by atoms with Crippen molar-refractivity contribution in [2.45, 2.75) is 44.2 Å². The van der Waals surface area contributed by atoms with Crippen molar-refractivity contribution in [3.63, 3.8) is 0 Å². The second-order valence-electron chi connectivity index (χ2n) is 7.98. The summed E-state index contributed by atoms with van der Waals surface area (Å²) in [6, 6.07) is 14.9. The smallest absolute Gasteiger partial charge is 0.0617 e. The molecule has 1 atom stereocenters. The van der Waals surface area contributed by atoms with Crippen LogP contribution in [0.25, 0.3) is 0 Å². The third kappa shape index (κ3) is 4.68. The molecule has 0 N–H and O–H groups in total. The first-order valence-electron chi connectivity index (χ1n) is 10.3. The molecule has 5 heteroatoms. The molecule has 2 nitrogen and oxygen atoms in total. The average molecular weight is 438 g/mol. The Morgan fingerprint density at radius 3 is 2.04 bits per heavy atom. The van der Waals surface area contributed by atoms with Gasteiger partial charge in [0.1, 0.15) is 0 Å². The number of benzene rings is 2. The van der Waals surface area contributed by atoms with E-state index < -0.39 is 0 Å². The molecule has 1 saturated heterocycles. The van der Waals surface area contributed by atoms with Crippen LogP contribution in [0.5, 0.6) is 0 Å². The standard InChI is InChI=1S/C23H27Cl3N2/c24-18-8-6-17(7-9-18)23(21-11-10-19(25)16-22(21)26)28-14-12-27(13-15-28)20-4-2-1-3-5-20/h6-11,16,20,23H,1-5,12-15H2. The summed E-state index contributed by atoms with van der Waals surface area (Å²) in [6.45, 7) is 4.34. The van der Waals surface area contributed by atoms with Gasteiger partial charge in [-0.2, -0.15) is 0 Å². The van der Waals surface area contributed by atoms with E-state index in [-0.39, 0.29) is 6.04 Å². The molecule has 2 aromatic rings. The quantitative estimate of drug-likeness (QED) is 0.526. The van der Waals surface area contributed by atoms with Gasteiger partial charge in [-0.05, 0) is 48.2 Å². The molecule has 150 valence electrons. The molecular formula is C23H27Cl3N2. The third-order valence-electron chi connectivity index (χ3n) is 6.25. The zero-order valence-electron chi connectivity index (χ0n) is 16.1. The summed E-state index contributed by atoms with van der Waals surface area (Å²) in [7, 11) is 0. The highest BCUT2D eigenvalue weighted by molar-refractivity contribution is 6.35. The lowest BCUT2D eigenvalue weighted by Gasteiger charge is -2.43. The molecule has 1 aliphatic carbocycles. The first kappa shape index (κ1) is 20.5. The zero-order chi connectivity index (χ0) is 19.5. The van der Waals surface area contributed by atoms with Crippen LogP contribution in [0.4, 0.5) is 0 Å². The van der Waals surface area contributed by atoms with Crippen molar-refractivity contribution in [1.82, 2.24) is 9.80 Å². The Morgan fingerprint density at radius 2 is 1.39 bits per heavy atom. The largest absolute Gasteiger partial charge is 0.298 e. The van der Waals surface area contributed by atoms with Gasteiger partial charge in [-0.3, -0.25) is 9.80 Å². The van der Waals surface area contributed by atoms with Gasteiger partial charge in [0, 0.05) is 47.3 Å². The summed E-state index contributed by atoms with van der Waals surface area (Å²) in [5.74, 6) is 0. The van der Waals surface area contributed by atoms with Gasteiger partial charge >= 0.3 is 0 Å². The summed E-state index contributed by atoms with van der Waals surface area (Å²) in [4.78, 5) is 5.26. The van der Waals surface area contributed by atoms with Gasteiger partial charge in [0.25, 0.3) is 0 Å². The maximum atomic E-state index is 6.63. The molecule has 2 aromatic carbocycles. The number of halogens is 3. The topological polar surface area (TPSA) is 6.48 Å². The van der Waals surface area contributed by atoms with E-state index in [0.29, 0.717) is 5.02 Å². The van der Waals surface area contributed by atoms with Gasteiger partial charge < -0.3 is 0 Å². The van der Waals surface area contributed by atoms with Gasteiger partial charge in [0.05, 0.1) is 6.04 Å². The van der Waals surface area contributed by atoms with Crippen molar-refractivity contribution in [2.24, 2.45) is 0 Å². The third-order valence-corrected chi connectivity index (χ3v) is 7.06. The Balaban J connectivity index is 1.56. The van der Waals surface area contributed by atoms with Crippen molar-refractivity contribution in [3.8, 4) is 0 Å². The molecule has 1 saturated carbocycles. The minimum absolute atomic E-state index is 0.121. The number of nitrogens with zero attached hydrogens (tertiary/aromatic N) is 2. The molecule has 0 amide bonds. The summed E-state index contributed by atoms with van der Waals surface area (Å²) < 4.78 is 0. The molecule has 2 aliphatic rings. The van der Waals surface area contributed by atoms with Crippen molar-refractivity contribution in [3.05, 3.63) is 68.7 Å². The Kier molecular flexibility index (Phi) is 6.85. The summed E-state index contributed by atoms with van der Waals surface area (Å²) in [6.07, 6.45) is 6.91. The molecule has 2 fully saturated rings. The van der Waals surface area contributed by atoms with E-state index >= 15 is 0 Å². The van der Waals surface area contributed by atoms with Gasteiger partial charge in [0.15, 0.2) is 0 Å². The molecular weight excluding hydrogens is 411 g/mol. The lowest BCUT2D eigenvalue weighted by Crippen LogP contribution is -2.51. The van der Waals surface area contributed by atoms with Crippen LogP contribution in [0.2, 0.25) is 15.1 Å². The molecule has 0 spiro atoms. The molecule has 1 heterocycles. The van der Waals surface area contributed by atoms with E-state index in [1.807, 2.05) is 24.3 Å². The van der Waals surface area contributed by atoms with E-state index in [2.05, 4.69) is 28.0 Å². The van der Waals surface area contributed by atoms with Crippen molar-refractivity contribution in [1.29, 1.82) is 0 Å². The van der Waals surface area contributed by atoms with Crippen LogP contribution in [0, 0.1) is 0 Å². The predicted octanol–water partition coefficient (Wildman–Crippen LogP) is 6.69. The Bertz CT molecular complexity index is 779. The zero-order valence-corrected chi connectivity index (χ0v) is 18.4. The predicted molar refractivity (Wildman–Crippen MR) is 120 cm³/mol. The van der Waals surface area contributed by atoms with Crippen LogP contribution in [-0.2, 0) is 0 Å². The highest BCUT2D eigenvalue weighted by Gasteiger charge is 2.30. The number of piperazine rings is 1. The second-order valence-corrected chi connectivity index (χ2v) is 9.26. The molecule has 0 aromatic heterocycles. The van der Waals surface area contributed by atoms with E-state index in [4.69, 9.17) is 34.8 Å². The first-order chi connectivity index (χ1) is 13.6. The van der Waals surface area contributed by atoms with Crippen LogP contribution in [-0.4, -0.2) is 42.0 Å². The van der Waals surface area contributed by atoms with Crippen LogP contribution in [0.15, 0.2) is 42.5 Å². The number of hydrogen-bond donors (Lipinski definition) is 0. The van der Waals surface area contributed by atoms with Crippen LogP contribution >= 0.6 is 34.8 Å². The van der Waals surface area contributed by atoms with Crippen LogP contribution < -0.4 is 0 Å². The number of hydrogen-bond acceptors (Lipinski definition) is 2. The minimum Gasteiger partial charge on any atom is -0.298 e. The van der Waals surface area contributed by atoms with E-state index in [9.17, 15) is 0 Å². The second kappa shape index (κ2) is 9.36. The Morgan fingerprint density at radius 1 is 0.750 bits per heavy atom. The Hall–Kier alpha value is -0.770. The lowest BCUT2D eigenvalue weighted by atomic mass is 9.93. The normalized spacial score (nSPS) is 21.0. The van der Waals surface area contributed by atoms with Crippen LogP contribution in [0.1, 0.15) is 49.3 Å². The highest BCUT2D eigenvalue weighted by Crippen LogP contribution is 2.36. The summed E-state index contributed by atoms with van der Waals surface area (Å²) in [5, 5.41) is 2.15. The van der Waals surface area contributed by atoms with E-state index in [1.165, 1.54) is 37.7 Å². The fraction of sp³-hybridized carbons (Fsp3) is 0.478. The van der Waals surface area contributed by atoms with Gasteiger partial charge in [0.2, 0.25) is 0 Å². The Labute approximate surface area is 183 Å². The molecule has 4 rings (SSSR count). The summed E-state index contributed by atoms with van der Waals surface area (Å²) >= 11 is 18.9. The summed E-state index contributed by atoms with van der Waals surface area (Å²) in [5.41, 5.74) is 2.33. The van der Waals surface area contributed by atoms with Crippen LogP contribution in [0.3, 0.4) is 0 Å².